The molecule has 0 radical (unpaired) electrons. The molecular formula is C15H27NO2. The van der Waals surface area contributed by atoms with Crippen LogP contribution in [-0.2, 0) is 9.53 Å². The maximum atomic E-state index is 11.6. The van der Waals surface area contributed by atoms with Crippen molar-refractivity contribution < 1.29 is 9.53 Å². The van der Waals surface area contributed by atoms with Gasteiger partial charge in [0.05, 0.1) is 6.61 Å². The minimum Gasteiger partial charge on any atom is -0.465 e. The smallest absolute Gasteiger partial charge is 0.305 e. The third-order valence-electron chi connectivity index (χ3n) is 4.42. The number of hydrogen-bond donors (Lipinski definition) is 0. The number of nitrogens with zero attached hydrogens (tertiary/aromatic N) is 1. The van der Waals surface area contributed by atoms with Crippen LogP contribution in [0.25, 0.3) is 0 Å². The lowest BCUT2D eigenvalue weighted by atomic mass is 9.84. The van der Waals surface area contributed by atoms with E-state index in [9.17, 15) is 4.79 Å². The highest BCUT2D eigenvalue weighted by Crippen LogP contribution is 2.31. The fourth-order valence-corrected chi connectivity index (χ4v) is 3.36. The first kappa shape index (κ1) is 13.9. The van der Waals surface area contributed by atoms with Gasteiger partial charge in [0.25, 0.3) is 0 Å². The van der Waals surface area contributed by atoms with Crippen LogP contribution in [0.15, 0.2) is 0 Å². The van der Waals surface area contributed by atoms with Crippen molar-refractivity contribution in [1.82, 2.24) is 4.90 Å². The Morgan fingerprint density at radius 2 is 2.06 bits per heavy atom. The highest BCUT2D eigenvalue weighted by Gasteiger charge is 2.33. The summed E-state index contributed by atoms with van der Waals surface area (Å²) in [5, 5.41) is 0. The Balaban J connectivity index is 1.75. The predicted molar refractivity (Wildman–Crippen MR) is 72.4 cm³/mol. The standard InChI is InChI=1S/C15H27NO2/c1-2-3-9-15(17)18-12-13-7-6-11-16-10-5-4-8-14(13)16/h13-14H,2-12H2,1H3/t13-,14-/m1/s1. The molecule has 3 heteroatoms. The second-order valence-electron chi connectivity index (χ2n) is 5.79. The van der Waals surface area contributed by atoms with Crippen LogP contribution in [0.1, 0.15) is 58.3 Å². The number of piperidine rings is 2. The molecule has 18 heavy (non-hydrogen) atoms. The summed E-state index contributed by atoms with van der Waals surface area (Å²) in [5.41, 5.74) is 0. The number of fused-ring (bicyclic) bond motifs is 1. The lowest BCUT2D eigenvalue weighted by molar-refractivity contribution is -0.146. The Morgan fingerprint density at radius 1 is 1.22 bits per heavy atom. The third-order valence-corrected chi connectivity index (χ3v) is 4.42. The molecule has 2 heterocycles. The van der Waals surface area contributed by atoms with Gasteiger partial charge in [0.1, 0.15) is 0 Å². The van der Waals surface area contributed by atoms with Crippen molar-refractivity contribution in [1.29, 1.82) is 0 Å². The second kappa shape index (κ2) is 7.13. The van der Waals surface area contributed by atoms with Crippen molar-refractivity contribution in [3.8, 4) is 0 Å². The van der Waals surface area contributed by atoms with Gasteiger partial charge < -0.3 is 4.74 Å². The molecule has 0 saturated carbocycles. The Bertz CT molecular complexity index is 265. The second-order valence-corrected chi connectivity index (χ2v) is 5.79. The molecule has 0 spiro atoms. The lowest BCUT2D eigenvalue weighted by Gasteiger charge is -2.44. The number of esters is 1. The number of carbonyl (C=O) groups is 1. The molecule has 2 atom stereocenters. The quantitative estimate of drug-likeness (QED) is 0.705. The minimum absolute atomic E-state index is 0.00443. The number of carbonyl (C=O) groups excluding carboxylic acids is 1. The van der Waals surface area contributed by atoms with E-state index in [0.717, 1.165) is 12.8 Å². The van der Waals surface area contributed by atoms with Crippen LogP contribution in [0.4, 0.5) is 0 Å². The van der Waals surface area contributed by atoms with E-state index in [1.807, 2.05) is 0 Å². The molecule has 2 aliphatic rings. The summed E-state index contributed by atoms with van der Waals surface area (Å²) in [5.74, 6) is 0.592. The van der Waals surface area contributed by atoms with Gasteiger partial charge in [0.2, 0.25) is 0 Å². The van der Waals surface area contributed by atoms with Crippen molar-refractivity contribution in [2.45, 2.75) is 64.3 Å². The van der Waals surface area contributed by atoms with E-state index in [1.54, 1.807) is 0 Å². The third kappa shape index (κ3) is 3.71. The first-order valence-electron chi connectivity index (χ1n) is 7.71. The van der Waals surface area contributed by atoms with Crippen LogP contribution in [0.3, 0.4) is 0 Å². The Hall–Kier alpha value is -0.570. The first-order chi connectivity index (χ1) is 8.81. The van der Waals surface area contributed by atoms with Crippen LogP contribution in [-0.4, -0.2) is 36.6 Å². The van der Waals surface area contributed by atoms with Gasteiger partial charge in [-0.3, -0.25) is 9.69 Å². The highest BCUT2D eigenvalue weighted by atomic mass is 16.5. The van der Waals surface area contributed by atoms with Gasteiger partial charge in [-0.05, 0) is 45.2 Å². The zero-order valence-electron chi connectivity index (χ0n) is 11.7. The van der Waals surface area contributed by atoms with Gasteiger partial charge in [-0.1, -0.05) is 19.8 Å². The highest BCUT2D eigenvalue weighted by molar-refractivity contribution is 5.69. The summed E-state index contributed by atoms with van der Waals surface area (Å²) in [6.45, 7) is 5.27. The molecule has 2 aliphatic heterocycles. The van der Waals surface area contributed by atoms with Crippen molar-refractivity contribution in [3.63, 3.8) is 0 Å². The van der Waals surface area contributed by atoms with Crippen molar-refractivity contribution in [2.75, 3.05) is 19.7 Å². The maximum Gasteiger partial charge on any atom is 0.305 e. The predicted octanol–water partition coefficient (Wildman–Crippen LogP) is 2.98. The summed E-state index contributed by atoms with van der Waals surface area (Å²) in [6, 6.07) is 0.687. The molecule has 0 aromatic rings. The van der Waals surface area contributed by atoms with Crippen LogP contribution in [0, 0.1) is 5.92 Å². The molecule has 3 nitrogen and oxygen atoms in total. The fraction of sp³-hybridized carbons (Fsp3) is 0.933. The maximum absolute atomic E-state index is 11.6. The molecule has 104 valence electrons. The first-order valence-corrected chi connectivity index (χ1v) is 7.71. The van der Waals surface area contributed by atoms with E-state index in [2.05, 4.69) is 11.8 Å². The largest absolute Gasteiger partial charge is 0.465 e. The normalized spacial score (nSPS) is 28.7. The molecule has 2 fully saturated rings. The zero-order chi connectivity index (χ0) is 12.8. The SMILES string of the molecule is CCCCC(=O)OC[C@H]1CCCN2CCCC[C@H]12. The average molecular weight is 253 g/mol. The molecule has 2 saturated heterocycles. The number of rotatable bonds is 5. The topological polar surface area (TPSA) is 29.5 Å². The number of hydrogen-bond acceptors (Lipinski definition) is 3. The molecule has 0 aromatic carbocycles. The van der Waals surface area contributed by atoms with Crippen LogP contribution >= 0.6 is 0 Å². The van der Waals surface area contributed by atoms with E-state index < -0.39 is 0 Å². The molecule has 0 aromatic heterocycles. The van der Waals surface area contributed by atoms with Gasteiger partial charge >= 0.3 is 5.97 Å². The molecule has 2 rings (SSSR count). The Kier molecular flexibility index (Phi) is 5.48. The molecule has 0 N–H and O–H groups in total. The summed E-state index contributed by atoms with van der Waals surface area (Å²) in [4.78, 5) is 14.2. The number of unbranched alkanes of at least 4 members (excludes halogenated alkanes) is 1. The van der Waals surface area contributed by atoms with Crippen molar-refractivity contribution >= 4 is 5.97 Å². The van der Waals surface area contributed by atoms with Gasteiger partial charge in [0, 0.05) is 18.4 Å². The average Bonchev–Trinajstić information content (AvgIpc) is 2.42. The lowest BCUT2D eigenvalue weighted by Crippen LogP contribution is -2.49. The van der Waals surface area contributed by atoms with Crippen LogP contribution in [0.5, 0.6) is 0 Å². The Morgan fingerprint density at radius 3 is 2.89 bits per heavy atom. The van der Waals surface area contributed by atoms with E-state index in [1.165, 1.54) is 45.2 Å². The zero-order valence-corrected chi connectivity index (χ0v) is 11.7. The van der Waals surface area contributed by atoms with Gasteiger partial charge in [-0.25, -0.2) is 0 Å². The minimum atomic E-state index is 0.00443. The molecule has 0 aliphatic carbocycles. The summed E-state index contributed by atoms with van der Waals surface area (Å²) in [7, 11) is 0. The summed E-state index contributed by atoms with van der Waals surface area (Å²) >= 11 is 0. The Labute approximate surface area is 111 Å². The van der Waals surface area contributed by atoms with Gasteiger partial charge in [-0.15, -0.1) is 0 Å². The summed E-state index contributed by atoms with van der Waals surface area (Å²) in [6.07, 6.45) is 9.12. The van der Waals surface area contributed by atoms with E-state index in [4.69, 9.17) is 4.74 Å². The van der Waals surface area contributed by atoms with E-state index in [0.29, 0.717) is 25.0 Å². The fourth-order valence-electron chi connectivity index (χ4n) is 3.36. The van der Waals surface area contributed by atoms with E-state index in [-0.39, 0.29) is 5.97 Å². The molecule has 0 amide bonds. The number of ether oxygens (including phenoxy) is 1. The van der Waals surface area contributed by atoms with Crippen LogP contribution in [0.2, 0.25) is 0 Å². The summed E-state index contributed by atoms with van der Waals surface area (Å²) < 4.78 is 5.47. The molecule has 0 unspecified atom stereocenters. The molecule has 0 bridgehead atoms. The van der Waals surface area contributed by atoms with E-state index >= 15 is 0 Å². The van der Waals surface area contributed by atoms with Crippen LogP contribution < -0.4 is 0 Å². The monoisotopic (exact) mass is 253 g/mol. The van der Waals surface area contributed by atoms with Crippen molar-refractivity contribution in [3.05, 3.63) is 0 Å². The molecular weight excluding hydrogens is 226 g/mol. The van der Waals surface area contributed by atoms with Gasteiger partial charge in [-0.2, -0.15) is 0 Å². The van der Waals surface area contributed by atoms with Gasteiger partial charge in [0.15, 0.2) is 0 Å². The van der Waals surface area contributed by atoms with Crippen molar-refractivity contribution in [2.24, 2.45) is 5.92 Å².